The fourth-order valence-corrected chi connectivity index (χ4v) is 4.66. The van der Waals surface area contributed by atoms with Crippen molar-refractivity contribution < 1.29 is 19.1 Å². The predicted molar refractivity (Wildman–Crippen MR) is 144 cm³/mol. The molecule has 3 aromatic rings. The van der Waals surface area contributed by atoms with E-state index in [9.17, 15) is 9.59 Å². The van der Waals surface area contributed by atoms with Gasteiger partial charge in [0.15, 0.2) is 0 Å². The molecule has 0 saturated carbocycles. The van der Waals surface area contributed by atoms with Crippen LogP contribution < -0.4 is 20.3 Å². The highest BCUT2D eigenvalue weighted by Crippen LogP contribution is 2.28. The average molecular weight is 517 g/mol. The lowest BCUT2D eigenvalue weighted by Gasteiger charge is -2.23. The van der Waals surface area contributed by atoms with Crippen molar-refractivity contribution in [2.75, 3.05) is 43.4 Å². The summed E-state index contributed by atoms with van der Waals surface area (Å²) >= 11 is 0. The largest absolute Gasteiger partial charge is 0.457 e. The highest BCUT2D eigenvalue weighted by atomic mass is 16.5. The molecule has 1 aromatic heterocycles. The van der Waals surface area contributed by atoms with Crippen LogP contribution in [0.1, 0.15) is 28.4 Å². The van der Waals surface area contributed by atoms with Crippen LogP contribution >= 0.6 is 0 Å². The molecule has 3 heterocycles. The minimum absolute atomic E-state index is 0.0857. The number of aryl methyl sites for hydroxylation is 1. The van der Waals surface area contributed by atoms with Crippen molar-refractivity contribution in [2.24, 2.45) is 0 Å². The molecule has 0 aliphatic carbocycles. The number of rotatable bonds is 3. The highest BCUT2D eigenvalue weighted by Gasteiger charge is 2.36. The number of aromatic nitrogens is 2. The standard InChI is InChI=1S/C28H32N6O4/c1-4-29-25-10-11-30-28(32-25)34-14-22-24(15-34)37-17-19-6-5-7-21(12-19)38-23-13-20(9-8-18(23)2)27(36)33(3)16-26(35)31-22/h5-13,22,24H,4,14-17H2,1-3H3,(H,31,35)(H,29,30,32)/t22-,24-/m0/s1. The molecule has 10 heteroatoms. The lowest BCUT2D eigenvalue weighted by Crippen LogP contribution is -2.48. The molecule has 0 spiro atoms. The Hall–Kier alpha value is -4.18. The number of fused-ring (bicyclic) bond motifs is 5. The Kier molecular flexibility index (Phi) is 7.41. The van der Waals surface area contributed by atoms with E-state index >= 15 is 0 Å². The number of likely N-dealkylation sites (N-methyl/N-ethyl adjacent to an activating group) is 1. The summed E-state index contributed by atoms with van der Waals surface area (Å²) in [6, 6.07) is 14.5. The van der Waals surface area contributed by atoms with Gasteiger partial charge in [0, 0.05) is 38.4 Å². The van der Waals surface area contributed by atoms with Crippen LogP contribution in [0.25, 0.3) is 0 Å². The number of benzene rings is 2. The molecule has 198 valence electrons. The van der Waals surface area contributed by atoms with Gasteiger partial charge in [0.2, 0.25) is 11.9 Å². The summed E-state index contributed by atoms with van der Waals surface area (Å²) in [6.07, 6.45) is 1.41. The predicted octanol–water partition coefficient (Wildman–Crippen LogP) is 2.98. The van der Waals surface area contributed by atoms with Crippen LogP contribution in [0.5, 0.6) is 11.5 Å². The average Bonchev–Trinajstić information content (AvgIpc) is 3.30. The van der Waals surface area contributed by atoms with Crippen molar-refractivity contribution in [1.29, 1.82) is 0 Å². The molecule has 1 saturated heterocycles. The summed E-state index contributed by atoms with van der Waals surface area (Å²) in [6.45, 7) is 5.93. The first-order valence-electron chi connectivity index (χ1n) is 12.8. The first-order valence-corrected chi connectivity index (χ1v) is 12.8. The lowest BCUT2D eigenvalue weighted by molar-refractivity contribution is -0.123. The van der Waals surface area contributed by atoms with Crippen molar-refractivity contribution in [2.45, 2.75) is 32.6 Å². The molecule has 2 amide bonds. The maximum Gasteiger partial charge on any atom is 0.254 e. The number of anilines is 2. The Morgan fingerprint density at radius 1 is 1.13 bits per heavy atom. The van der Waals surface area contributed by atoms with Gasteiger partial charge in [-0.3, -0.25) is 9.59 Å². The monoisotopic (exact) mass is 516 g/mol. The van der Waals surface area contributed by atoms with Crippen LogP contribution in [0.15, 0.2) is 54.7 Å². The summed E-state index contributed by atoms with van der Waals surface area (Å²) in [4.78, 5) is 38.6. The summed E-state index contributed by atoms with van der Waals surface area (Å²) in [5, 5.41) is 6.28. The fraction of sp³-hybridized carbons (Fsp3) is 0.357. The molecule has 2 N–H and O–H groups in total. The van der Waals surface area contributed by atoms with Gasteiger partial charge in [-0.1, -0.05) is 18.2 Å². The number of ether oxygens (including phenoxy) is 2. The number of hydrogen-bond donors (Lipinski definition) is 2. The number of nitrogens with one attached hydrogen (secondary N) is 2. The van der Waals surface area contributed by atoms with E-state index in [1.54, 1.807) is 25.4 Å². The van der Waals surface area contributed by atoms with E-state index in [2.05, 4.69) is 20.6 Å². The molecule has 2 aliphatic heterocycles. The van der Waals surface area contributed by atoms with Crippen molar-refractivity contribution in [3.05, 3.63) is 71.4 Å². The molecule has 38 heavy (non-hydrogen) atoms. The maximum atomic E-state index is 13.1. The number of carbonyl (C=O) groups is 2. The van der Waals surface area contributed by atoms with E-state index in [0.29, 0.717) is 42.7 Å². The lowest BCUT2D eigenvalue weighted by atomic mass is 10.1. The van der Waals surface area contributed by atoms with Gasteiger partial charge in [-0.15, -0.1) is 0 Å². The van der Waals surface area contributed by atoms with Crippen LogP contribution in [0.2, 0.25) is 0 Å². The van der Waals surface area contributed by atoms with Gasteiger partial charge in [0.1, 0.15) is 17.3 Å². The first-order chi connectivity index (χ1) is 18.4. The van der Waals surface area contributed by atoms with Crippen LogP contribution in [0.3, 0.4) is 0 Å². The van der Waals surface area contributed by atoms with E-state index in [0.717, 1.165) is 23.5 Å². The third-order valence-electron chi connectivity index (χ3n) is 6.65. The zero-order chi connectivity index (χ0) is 26.6. The number of nitrogens with zero attached hydrogens (tertiary/aromatic N) is 4. The maximum absolute atomic E-state index is 13.1. The van der Waals surface area contributed by atoms with Crippen molar-refractivity contribution in [3.8, 4) is 11.5 Å². The molecule has 0 unspecified atom stereocenters. The second-order valence-electron chi connectivity index (χ2n) is 9.59. The molecular weight excluding hydrogens is 484 g/mol. The van der Waals surface area contributed by atoms with E-state index in [4.69, 9.17) is 9.47 Å². The van der Waals surface area contributed by atoms with Gasteiger partial charge in [0.25, 0.3) is 5.91 Å². The zero-order valence-electron chi connectivity index (χ0n) is 21.8. The fourth-order valence-electron chi connectivity index (χ4n) is 4.66. The van der Waals surface area contributed by atoms with E-state index in [1.165, 1.54) is 4.90 Å². The number of amides is 2. The summed E-state index contributed by atoms with van der Waals surface area (Å²) in [5.41, 5.74) is 2.29. The first kappa shape index (κ1) is 25.5. The zero-order valence-corrected chi connectivity index (χ0v) is 21.8. The topological polar surface area (TPSA) is 109 Å². The van der Waals surface area contributed by atoms with E-state index in [1.807, 2.05) is 55.1 Å². The van der Waals surface area contributed by atoms with Gasteiger partial charge in [0.05, 0.1) is 25.3 Å². The summed E-state index contributed by atoms with van der Waals surface area (Å²) < 4.78 is 12.5. The van der Waals surface area contributed by atoms with Crippen molar-refractivity contribution in [1.82, 2.24) is 20.2 Å². The van der Waals surface area contributed by atoms with Crippen LogP contribution in [0.4, 0.5) is 11.8 Å². The molecule has 0 radical (unpaired) electrons. The molecular formula is C28H32N6O4. The Bertz CT molecular complexity index is 1330. The van der Waals surface area contributed by atoms with Crippen LogP contribution in [-0.2, 0) is 16.1 Å². The van der Waals surface area contributed by atoms with Crippen molar-refractivity contribution >= 4 is 23.6 Å². The van der Waals surface area contributed by atoms with Gasteiger partial charge in [-0.05, 0) is 55.3 Å². The Labute approximate surface area is 222 Å². The Morgan fingerprint density at radius 3 is 2.84 bits per heavy atom. The molecule has 2 aromatic carbocycles. The summed E-state index contributed by atoms with van der Waals surface area (Å²) in [7, 11) is 1.61. The normalized spacial score (nSPS) is 20.0. The SMILES string of the molecule is CCNc1ccnc(N2C[C@@H]3NC(=O)CN(C)C(=O)c4ccc(C)c(c4)Oc4cccc(c4)CO[C@H]3C2)n1. The second kappa shape index (κ2) is 11.1. The Balaban J connectivity index is 1.43. The minimum atomic E-state index is -0.310. The minimum Gasteiger partial charge on any atom is -0.457 e. The quantitative estimate of drug-likeness (QED) is 0.547. The van der Waals surface area contributed by atoms with E-state index < -0.39 is 0 Å². The molecule has 4 bridgehead atoms. The molecule has 10 nitrogen and oxygen atoms in total. The van der Waals surface area contributed by atoms with Gasteiger partial charge >= 0.3 is 0 Å². The van der Waals surface area contributed by atoms with Gasteiger partial charge in [-0.2, -0.15) is 4.98 Å². The molecule has 5 rings (SSSR count). The third kappa shape index (κ3) is 5.70. The number of carbonyl (C=O) groups excluding carboxylic acids is 2. The number of hydrogen-bond acceptors (Lipinski definition) is 8. The van der Waals surface area contributed by atoms with Crippen LogP contribution in [-0.4, -0.2) is 72.1 Å². The Morgan fingerprint density at radius 2 is 2.00 bits per heavy atom. The highest BCUT2D eigenvalue weighted by molar-refractivity contribution is 5.96. The van der Waals surface area contributed by atoms with Gasteiger partial charge in [-0.25, -0.2) is 4.98 Å². The smallest absolute Gasteiger partial charge is 0.254 e. The molecule has 1 fully saturated rings. The second-order valence-corrected chi connectivity index (χ2v) is 9.59. The van der Waals surface area contributed by atoms with Gasteiger partial charge < -0.3 is 29.9 Å². The molecule has 2 atom stereocenters. The van der Waals surface area contributed by atoms with Crippen molar-refractivity contribution in [3.63, 3.8) is 0 Å². The molecule has 2 aliphatic rings. The third-order valence-corrected chi connectivity index (χ3v) is 6.65. The summed E-state index contributed by atoms with van der Waals surface area (Å²) in [5.74, 6) is 2.03. The van der Waals surface area contributed by atoms with E-state index in [-0.39, 0.29) is 30.5 Å². The van der Waals surface area contributed by atoms with Crippen LogP contribution in [0, 0.1) is 6.92 Å².